The van der Waals surface area contributed by atoms with Crippen LogP contribution in [0.25, 0.3) is 0 Å². The number of fused-ring (bicyclic) bond motifs is 3. The Hall–Kier alpha value is -3.31. The summed E-state index contributed by atoms with van der Waals surface area (Å²) in [5.74, 6) is -7.99. The van der Waals surface area contributed by atoms with Crippen molar-refractivity contribution in [3.05, 3.63) is 10.0 Å². The number of carbonyl (C=O) groups excluding carboxylic acids is 5. The van der Waals surface area contributed by atoms with Gasteiger partial charge in [-0.2, -0.15) is 0 Å². The molecule has 1 aromatic heterocycles. The van der Waals surface area contributed by atoms with Gasteiger partial charge in [0.2, 0.25) is 5.72 Å². The first-order chi connectivity index (χ1) is 16.7. The van der Waals surface area contributed by atoms with E-state index in [1.54, 1.807) is 0 Å². The number of oxime groups is 1. The molecular weight excluding hydrogens is 546 g/mol. The van der Waals surface area contributed by atoms with Gasteiger partial charge in [0.1, 0.15) is 27.4 Å². The monoisotopic (exact) mass is 561 g/mol. The number of esters is 1. The molecule has 0 radical (unpaired) electrons. The summed E-state index contributed by atoms with van der Waals surface area (Å²) < 4.78 is 17.7. The van der Waals surface area contributed by atoms with Crippen molar-refractivity contribution in [1.82, 2.24) is 15.2 Å². The molecule has 0 spiro atoms. The number of anilines is 1. The number of nitrogens with zero attached hydrogens (tertiary/aromatic N) is 3. The Morgan fingerprint density at radius 3 is 2.61 bits per heavy atom. The zero-order chi connectivity index (χ0) is 26.7. The number of β-lactam (4-membered cyclic amide) rings is 1. The number of carbonyl (C=O) groups is 5. The van der Waals surface area contributed by atoms with E-state index in [1.807, 2.05) is 0 Å². The third-order valence-electron chi connectivity index (χ3n) is 5.75. The van der Waals surface area contributed by atoms with Crippen LogP contribution in [0.4, 0.5) is 5.13 Å². The second kappa shape index (κ2) is 8.67. The number of halogens is 1. The molecule has 2 amide bonds. The summed E-state index contributed by atoms with van der Waals surface area (Å²) in [6.45, 7) is 2.19. The van der Waals surface area contributed by atoms with Crippen LogP contribution in [0.1, 0.15) is 26.0 Å². The van der Waals surface area contributed by atoms with E-state index >= 15 is 0 Å². The lowest BCUT2D eigenvalue weighted by molar-refractivity contribution is -0.340. The third-order valence-corrected chi connectivity index (χ3v) is 8.59. The summed E-state index contributed by atoms with van der Waals surface area (Å²) in [6, 6.07) is -1.52. The number of nitrogen functional groups attached to an aromatic ring is 1. The third kappa shape index (κ3) is 3.86. The van der Waals surface area contributed by atoms with Gasteiger partial charge in [-0.15, -0.1) is 0 Å². The van der Waals surface area contributed by atoms with Crippen LogP contribution in [-0.2, 0) is 44.3 Å². The van der Waals surface area contributed by atoms with E-state index in [2.05, 4.69) is 15.5 Å². The lowest BCUT2D eigenvalue weighted by atomic mass is 9.89. The standard InChI is InChI=1S/C18H18ClN5O10S2/c1-17(2,14(28)29)34-23-8(7-10(19)35-16(20)22-7)11(26)21-9-12(27)24-13(9)36(32)4-5-3-6(25)33-18(5,24)15(30)31/h5,9,13H,3-4H2,1-2H3,(H2,20,22)(H,21,26)(H,28,29)(H,30,31)/p-2/b23-8-/t5-,9+,13+,18+,36-/m0/s1. The first-order valence-electron chi connectivity index (χ1n) is 10.0. The SMILES string of the molecule is CC(C)(O/N=C(\C(=O)N[C@@H]1C(=O)N2[C@@H]1[S@@](=O)C[C@@H]1CC(=O)O[C@@]12C(=O)[O-])c1nc(N)sc1Cl)C(=O)[O-]. The highest BCUT2D eigenvalue weighted by atomic mass is 35.5. The molecule has 194 valence electrons. The summed E-state index contributed by atoms with van der Waals surface area (Å²) >= 11 is 6.83. The summed E-state index contributed by atoms with van der Waals surface area (Å²) in [6.07, 6.45) is -0.376. The fraction of sp³-hybridized carbons (Fsp3) is 0.500. The van der Waals surface area contributed by atoms with Crippen molar-refractivity contribution in [3.8, 4) is 0 Å². The molecule has 4 rings (SSSR count). The molecule has 0 bridgehead atoms. The number of thiazole rings is 1. The van der Waals surface area contributed by atoms with E-state index < -0.39 is 74.9 Å². The number of hydrogen-bond acceptors (Lipinski definition) is 14. The van der Waals surface area contributed by atoms with Crippen LogP contribution < -0.4 is 21.3 Å². The highest BCUT2D eigenvalue weighted by Gasteiger charge is 2.70. The number of carboxylic acid groups (broad SMARTS) is 2. The highest BCUT2D eigenvalue weighted by Crippen LogP contribution is 2.47. The van der Waals surface area contributed by atoms with Gasteiger partial charge in [0.15, 0.2) is 16.4 Å². The number of carboxylic acids is 2. The second-order valence-corrected chi connectivity index (χ2v) is 11.7. The fourth-order valence-electron chi connectivity index (χ4n) is 3.94. The van der Waals surface area contributed by atoms with E-state index in [1.165, 1.54) is 0 Å². The molecule has 3 N–H and O–H groups in total. The van der Waals surface area contributed by atoms with Gasteiger partial charge in [0.25, 0.3) is 11.8 Å². The molecule has 0 aliphatic carbocycles. The average molecular weight is 562 g/mol. The van der Waals surface area contributed by atoms with Crippen molar-refractivity contribution in [2.75, 3.05) is 11.5 Å². The average Bonchev–Trinajstić information content (AvgIpc) is 3.28. The molecule has 4 heterocycles. The van der Waals surface area contributed by atoms with Gasteiger partial charge in [0.05, 0.1) is 12.4 Å². The maximum Gasteiger partial charge on any atom is 0.308 e. The minimum absolute atomic E-state index is 0.0704. The smallest absolute Gasteiger partial charge is 0.308 e. The van der Waals surface area contributed by atoms with Crippen LogP contribution in [0.15, 0.2) is 5.16 Å². The Morgan fingerprint density at radius 2 is 2.06 bits per heavy atom. The number of rotatable bonds is 7. The highest BCUT2D eigenvalue weighted by molar-refractivity contribution is 7.85. The van der Waals surface area contributed by atoms with Crippen molar-refractivity contribution in [2.45, 2.75) is 43.0 Å². The van der Waals surface area contributed by atoms with Gasteiger partial charge in [-0.3, -0.25) is 23.5 Å². The normalized spacial score (nSPS) is 29.5. The molecule has 0 saturated carbocycles. The van der Waals surface area contributed by atoms with E-state index in [4.69, 9.17) is 26.9 Å². The van der Waals surface area contributed by atoms with Crippen molar-refractivity contribution in [3.63, 3.8) is 0 Å². The molecule has 3 aliphatic rings. The second-order valence-electron chi connectivity index (χ2n) is 8.46. The lowest BCUT2D eigenvalue weighted by Crippen LogP contribution is -2.84. The molecule has 3 aliphatic heterocycles. The van der Waals surface area contributed by atoms with Crippen molar-refractivity contribution >= 4 is 74.3 Å². The molecule has 3 fully saturated rings. The first-order valence-corrected chi connectivity index (χ1v) is 12.6. The molecule has 0 aromatic carbocycles. The number of amides is 2. The van der Waals surface area contributed by atoms with Crippen LogP contribution in [-0.4, -0.2) is 78.0 Å². The summed E-state index contributed by atoms with van der Waals surface area (Å²) in [4.78, 5) is 70.5. The minimum atomic E-state index is -2.45. The molecule has 5 atom stereocenters. The Balaban J connectivity index is 1.64. The van der Waals surface area contributed by atoms with Crippen LogP contribution in [0.5, 0.6) is 0 Å². The maximum atomic E-state index is 13.1. The number of nitrogens with two attached hydrogens (primary N) is 1. The van der Waals surface area contributed by atoms with Crippen LogP contribution in [0, 0.1) is 5.92 Å². The Labute approximate surface area is 213 Å². The first kappa shape index (κ1) is 25.8. The fourth-order valence-corrected chi connectivity index (χ4v) is 6.79. The Kier molecular flexibility index (Phi) is 6.20. The Bertz CT molecular complexity index is 1260. The van der Waals surface area contributed by atoms with Gasteiger partial charge in [-0.1, -0.05) is 28.1 Å². The number of hydrogen-bond donors (Lipinski definition) is 2. The Morgan fingerprint density at radius 1 is 1.39 bits per heavy atom. The zero-order valence-electron chi connectivity index (χ0n) is 18.3. The summed E-state index contributed by atoms with van der Waals surface area (Å²) in [7, 11) is -1.90. The van der Waals surface area contributed by atoms with Gasteiger partial charge < -0.3 is 40.4 Å². The van der Waals surface area contributed by atoms with Crippen molar-refractivity contribution in [1.29, 1.82) is 0 Å². The molecule has 1 aromatic rings. The quantitative estimate of drug-likeness (QED) is 0.140. The molecule has 36 heavy (non-hydrogen) atoms. The number of nitrogens with one attached hydrogen (secondary N) is 1. The number of aliphatic carboxylic acids is 2. The number of aromatic nitrogens is 1. The number of ether oxygens (including phenoxy) is 1. The topological polar surface area (TPSA) is 234 Å². The molecule has 15 nitrogen and oxygen atoms in total. The van der Waals surface area contributed by atoms with E-state index in [-0.39, 0.29) is 27.3 Å². The molecular formula is C18H16ClN5O10S2-2. The lowest BCUT2D eigenvalue weighted by Gasteiger charge is -2.58. The zero-order valence-corrected chi connectivity index (χ0v) is 20.7. The van der Waals surface area contributed by atoms with E-state index in [9.17, 15) is 38.4 Å². The largest absolute Gasteiger partial charge is 0.546 e. The van der Waals surface area contributed by atoms with Crippen LogP contribution in [0.2, 0.25) is 4.34 Å². The summed E-state index contributed by atoms with van der Waals surface area (Å²) in [5.41, 5.74) is 0.202. The molecule has 0 unspecified atom stereocenters. The molecule has 3 saturated heterocycles. The minimum Gasteiger partial charge on any atom is -0.546 e. The maximum absolute atomic E-state index is 13.1. The van der Waals surface area contributed by atoms with Gasteiger partial charge >= 0.3 is 5.97 Å². The van der Waals surface area contributed by atoms with Crippen LogP contribution in [0.3, 0.4) is 0 Å². The van der Waals surface area contributed by atoms with Gasteiger partial charge in [0, 0.05) is 22.5 Å². The van der Waals surface area contributed by atoms with Gasteiger partial charge in [-0.25, -0.2) is 4.98 Å². The van der Waals surface area contributed by atoms with E-state index in [0.717, 1.165) is 25.2 Å². The predicted octanol–water partition coefficient (Wildman–Crippen LogP) is -3.95. The van der Waals surface area contributed by atoms with Crippen LogP contribution >= 0.6 is 22.9 Å². The van der Waals surface area contributed by atoms with Gasteiger partial charge in [-0.05, 0) is 13.8 Å². The van der Waals surface area contributed by atoms with E-state index in [0.29, 0.717) is 4.90 Å². The van der Waals surface area contributed by atoms with Crippen molar-refractivity contribution in [2.24, 2.45) is 11.1 Å². The predicted molar refractivity (Wildman–Crippen MR) is 116 cm³/mol. The molecule has 18 heteroatoms. The van der Waals surface area contributed by atoms with Crippen molar-refractivity contribution < 1.29 is 48.0 Å². The summed E-state index contributed by atoms with van der Waals surface area (Å²) in [5, 5.41) is 27.5.